The lowest BCUT2D eigenvalue weighted by atomic mass is 10.1. The largest absolute Gasteiger partial charge is 0.381 e. The summed E-state index contributed by atoms with van der Waals surface area (Å²) in [6.07, 6.45) is 20.3. The lowest BCUT2D eigenvalue weighted by Crippen LogP contribution is -2.08. The summed E-state index contributed by atoms with van der Waals surface area (Å²) in [6, 6.07) is 0. The van der Waals surface area contributed by atoms with Gasteiger partial charge in [0.2, 0.25) is 0 Å². The summed E-state index contributed by atoms with van der Waals surface area (Å²) < 4.78 is 5.53. The summed E-state index contributed by atoms with van der Waals surface area (Å²) in [7, 11) is 1.84. The molecular formula is C18H35O. The maximum absolute atomic E-state index is 5.53. The molecule has 0 rings (SSSR count). The fourth-order valence-corrected chi connectivity index (χ4v) is 2.29. The van der Waals surface area contributed by atoms with Crippen LogP contribution in [0.3, 0.4) is 0 Å². The zero-order chi connectivity index (χ0) is 14.2. The van der Waals surface area contributed by atoms with E-state index in [1.54, 1.807) is 0 Å². The summed E-state index contributed by atoms with van der Waals surface area (Å²) in [6.45, 7) is 6.13. The topological polar surface area (TPSA) is 9.23 Å². The fourth-order valence-electron chi connectivity index (χ4n) is 2.29. The van der Waals surface area contributed by atoms with Gasteiger partial charge in [0.15, 0.2) is 0 Å². The molecule has 1 unspecified atom stereocenters. The molecular weight excluding hydrogens is 232 g/mol. The highest BCUT2D eigenvalue weighted by molar-refractivity contribution is 4.84. The summed E-state index contributed by atoms with van der Waals surface area (Å²) in [4.78, 5) is 0. The van der Waals surface area contributed by atoms with E-state index in [9.17, 15) is 0 Å². The van der Waals surface area contributed by atoms with Crippen molar-refractivity contribution in [3.8, 4) is 0 Å². The lowest BCUT2D eigenvalue weighted by molar-refractivity contribution is 0.0952. The summed E-state index contributed by atoms with van der Waals surface area (Å²) in [5.74, 6) is 0. The van der Waals surface area contributed by atoms with Crippen LogP contribution in [0.15, 0.2) is 12.2 Å². The minimum Gasteiger partial charge on any atom is -0.381 e. The molecule has 19 heavy (non-hydrogen) atoms. The molecule has 0 spiro atoms. The highest BCUT2D eigenvalue weighted by Crippen LogP contribution is 2.12. The van der Waals surface area contributed by atoms with Crippen LogP contribution in [-0.2, 0) is 4.74 Å². The quantitative estimate of drug-likeness (QED) is 0.273. The first-order chi connectivity index (χ1) is 9.35. The minimum atomic E-state index is 0.430. The maximum atomic E-state index is 5.53. The molecule has 0 amide bonds. The Labute approximate surface area is 121 Å². The molecule has 0 N–H and O–H groups in total. The van der Waals surface area contributed by atoms with Crippen LogP contribution in [0.1, 0.15) is 84.0 Å². The predicted molar refractivity (Wildman–Crippen MR) is 86.4 cm³/mol. The third-order valence-corrected chi connectivity index (χ3v) is 3.65. The minimum absolute atomic E-state index is 0.430. The first-order valence-corrected chi connectivity index (χ1v) is 8.32. The van der Waals surface area contributed by atoms with Gasteiger partial charge in [-0.25, -0.2) is 0 Å². The molecule has 0 aromatic heterocycles. The maximum Gasteiger partial charge on any atom is 0.0605 e. The Morgan fingerprint density at radius 3 is 2.37 bits per heavy atom. The van der Waals surface area contributed by atoms with Crippen LogP contribution in [-0.4, -0.2) is 13.2 Å². The van der Waals surface area contributed by atoms with E-state index in [4.69, 9.17) is 4.74 Å². The van der Waals surface area contributed by atoms with Crippen molar-refractivity contribution in [1.29, 1.82) is 0 Å². The van der Waals surface area contributed by atoms with Crippen LogP contribution in [0.5, 0.6) is 0 Å². The number of rotatable bonds is 14. The van der Waals surface area contributed by atoms with Crippen molar-refractivity contribution >= 4 is 0 Å². The van der Waals surface area contributed by atoms with Gasteiger partial charge in [0.25, 0.3) is 0 Å². The third-order valence-electron chi connectivity index (χ3n) is 3.65. The highest BCUT2D eigenvalue weighted by atomic mass is 16.5. The van der Waals surface area contributed by atoms with Crippen LogP contribution in [0.2, 0.25) is 0 Å². The number of hydrogen-bond donors (Lipinski definition) is 0. The summed E-state index contributed by atoms with van der Waals surface area (Å²) in [5.41, 5.74) is 0. The van der Waals surface area contributed by atoms with Crippen molar-refractivity contribution in [1.82, 2.24) is 0 Å². The van der Waals surface area contributed by atoms with Crippen LogP contribution < -0.4 is 0 Å². The molecule has 0 aliphatic carbocycles. The molecule has 0 heterocycles. The molecule has 0 aliphatic heterocycles. The molecule has 0 aliphatic rings. The van der Waals surface area contributed by atoms with E-state index in [2.05, 4.69) is 26.0 Å². The fraction of sp³-hybridized carbons (Fsp3) is 0.833. The number of methoxy groups -OCH3 is 1. The average Bonchev–Trinajstić information content (AvgIpc) is 2.44. The smallest absolute Gasteiger partial charge is 0.0605 e. The Balaban J connectivity index is 3.42. The van der Waals surface area contributed by atoms with Gasteiger partial charge in [-0.2, -0.15) is 0 Å². The van der Waals surface area contributed by atoms with Crippen molar-refractivity contribution in [2.75, 3.05) is 7.11 Å². The molecule has 113 valence electrons. The van der Waals surface area contributed by atoms with Gasteiger partial charge in [-0.3, -0.25) is 0 Å². The summed E-state index contributed by atoms with van der Waals surface area (Å²) in [5, 5.41) is 0. The Bertz CT molecular complexity index is 186. The number of hydrogen-bond acceptors (Lipinski definition) is 1. The molecule has 0 bridgehead atoms. The second-order valence-electron chi connectivity index (χ2n) is 5.47. The standard InChI is InChI=1S/C18H35O/c1-4-6-8-10-11-12-13-15-17-18(19-3)16-14-9-7-5-2/h13,15,18H,1,4-12,14,16-17H2,2-3H3/b15-13+. The molecule has 0 saturated heterocycles. The van der Waals surface area contributed by atoms with Crippen LogP contribution in [0, 0.1) is 6.92 Å². The van der Waals surface area contributed by atoms with Gasteiger partial charge >= 0.3 is 0 Å². The normalized spacial score (nSPS) is 13.2. The first kappa shape index (κ1) is 18.7. The molecule has 0 saturated carbocycles. The average molecular weight is 267 g/mol. The van der Waals surface area contributed by atoms with Gasteiger partial charge < -0.3 is 4.74 Å². The van der Waals surface area contributed by atoms with Gasteiger partial charge in [-0.05, 0) is 25.7 Å². The van der Waals surface area contributed by atoms with Crippen molar-refractivity contribution in [3.63, 3.8) is 0 Å². The SMILES string of the molecule is [CH2]CCCCCC/C=C/CC(CCCCCC)OC. The van der Waals surface area contributed by atoms with E-state index in [-0.39, 0.29) is 0 Å². The number of allylic oxidation sites excluding steroid dienone is 1. The zero-order valence-corrected chi connectivity index (χ0v) is 13.3. The van der Waals surface area contributed by atoms with E-state index in [1.807, 2.05) is 7.11 Å². The summed E-state index contributed by atoms with van der Waals surface area (Å²) >= 11 is 0. The molecule has 1 radical (unpaired) electrons. The second-order valence-corrected chi connectivity index (χ2v) is 5.47. The van der Waals surface area contributed by atoms with Gasteiger partial charge in [-0.1, -0.05) is 77.4 Å². The van der Waals surface area contributed by atoms with Crippen LogP contribution in [0.25, 0.3) is 0 Å². The van der Waals surface area contributed by atoms with Crippen molar-refractivity contribution in [3.05, 3.63) is 19.1 Å². The molecule has 0 fully saturated rings. The molecule has 0 aromatic carbocycles. The van der Waals surface area contributed by atoms with Crippen molar-refractivity contribution in [2.45, 2.75) is 90.1 Å². The van der Waals surface area contributed by atoms with Crippen molar-refractivity contribution in [2.24, 2.45) is 0 Å². The monoisotopic (exact) mass is 267 g/mol. The van der Waals surface area contributed by atoms with E-state index < -0.39 is 0 Å². The molecule has 1 heteroatoms. The zero-order valence-electron chi connectivity index (χ0n) is 13.3. The Kier molecular flexibility index (Phi) is 15.5. The lowest BCUT2D eigenvalue weighted by Gasteiger charge is -2.12. The Hall–Kier alpha value is -0.300. The van der Waals surface area contributed by atoms with Crippen LogP contribution >= 0.6 is 0 Å². The highest BCUT2D eigenvalue weighted by Gasteiger charge is 2.03. The van der Waals surface area contributed by atoms with E-state index >= 15 is 0 Å². The van der Waals surface area contributed by atoms with E-state index in [0.29, 0.717) is 6.10 Å². The van der Waals surface area contributed by atoms with Gasteiger partial charge in [0.1, 0.15) is 0 Å². The van der Waals surface area contributed by atoms with Gasteiger partial charge in [-0.15, -0.1) is 0 Å². The van der Waals surface area contributed by atoms with Crippen LogP contribution in [0.4, 0.5) is 0 Å². The molecule has 1 nitrogen and oxygen atoms in total. The van der Waals surface area contributed by atoms with Gasteiger partial charge in [0.05, 0.1) is 6.10 Å². The molecule has 1 atom stereocenters. The van der Waals surface area contributed by atoms with Crippen molar-refractivity contribution < 1.29 is 4.74 Å². The van der Waals surface area contributed by atoms with E-state index in [1.165, 1.54) is 64.2 Å². The Morgan fingerprint density at radius 2 is 1.68 bits per heavy atom. The van der Waals surface area contributed by atoms with E-state index in [0.717, 1.165) is 12.8 Å². The predicted octanol–water partition coefficient (Wildman–Crippen LogP) is 6.09. The first-order valence-electron chi connectivity index (χ1n) is 8.32. The molecule has 0 aromatic rings. The Morgan fingerprint density at radius 1 is 0.947 bits per heavy atom. The number of ether oxygens (including phenoxy) is 1. The third kappa shape index (κ3) is 13.9. The number of unbranched alkanes of at least 4 members (excludes halogenated alkanes) is 8. The van der Waals surface area contributed by atoms with Gasteiger partial charge in [0, 0.05) is 7.11 Å². The second kappa shape index (κ2) is 15.8.